The minimum atomic E-state index is -0.413. The Bertz CT molecular complexity index is 400. The average molecular weight is 320 g/mol. The van der Waals surface area contributed by atoms with Crippen LogP contribution in [0.15, 0.2) is 27.6 Å². The van der Waals surface area contributed by atoms with Crippen LogP contribution in [0.1, 0.15) is 10.4 Å². The van der Waals surface area contributed by atoms with E-state index in [0.717, 1.165) is 4.47 Å². The van der Waals surface area contributed by atoms with E-state index in [4.69, 9.17) is 9.84 Å². The Morgan fingerprint density at radius 1 is 1.65 bits per heavy atom. The lowest BCUT2D eigenvalue weighted by Crippen LogP contribution is -2.40. The number of benzene rings is 1. The summed E-state index contributed by atoms with van der Waals surface area (Å²) in [6.45, 7) is 0.0959. The van der Waals surface area contributed by atoms with Crippen LogP contribution in [-0.2, 0) is 4.74 Å². The largest absolute Gasteiger partial charge is 0.394 e. The third-order valence-electron chi connectivity index (χ3n) is 2.13. The predicted octanol–water partition coefficient (Wildman–Crippen LogP) is 1.47. The molecule has 0 aromatic heterocycles. The maximum absolute atomic E-state index is 11.9. The molecular weight excluding hydrogens is 306 g/mol. The Morgan fingerprint density at radius 2 is 2.35 bits per heavy atom. The highest BCUT2D eigenvalue weighted by atomic mass is 79.9. The third kappa shape index (κ3) is 4.31. The first kappa shape index (κ1) is 14.5. The first-order valence-corrected chi connectivity index (χ1v) is 6.21. The van der Waals surface area contributed by atoms with Gasteiger partial charge in [0.25, 0.3) is 5.91 Å². The molecule has 1 unspecified atom stereocenters. The molecule has 0 aliphatic rings. The fourth-order valence-corrected chi connectivity index (χ4v) is 2.15. The average Bonchev–Trinajstić information content (AvgIpc) is 2.28. The van der Waals surface area contributed by atoms with Gasteiger partial charge in [-0.3, -0.25) is 4.79 Å². The number of nitrogens with one attached hydrogen (secondary N) is 1. The van der Waals surface area contributed by atoms with Crippen LogP contribution in [0.4, 0.5) is 0 Å². The van der Waals surface area contributed by atoms with Gasteiger partial charge in [-0.25, -0.2) is 0 Å². The molecule has 6 heteroatoms. The van der Waals surface area contributed by atoms with Crippen molar-refractivity contribution in [1.29, 1.82) is 0 Å². The van der Waals surface area contributed by atoms with Crippen molar-refractivity contribution in [3.63, 3.8) is 0 Å². The van der Waals surface area contributed by atoms with Crippen molar-refractivity contribution in [2.75, 3.05) is 20.3 Å². The zero-order valence-electron chi connectivity index (χ0n) is 9.31. The van der Waals surface area contributed by atoms with Gasteiger partial charge in [0.2, 0.25) is 0 Å². The first-order chi connectivity index (χ1) is 8.08. The van der Waals surface area contributed by atoms with E-state index >= 15 is 0 Å². The van der Waals surface area contributed by atoms with Gasteiger partial charge in [0.15, 0.2) is 0 Å². The second-order valence-electron chi connectivity index (χ2n) is 3.47. The number of halogens is 1. The number of hydrogen-bond acceptors (Lipinski definition) is 4. The number of methoxy groups -OCH3 is 1. The number of amides is 1. The van der Waals surface area contributed by atoms with Crippen LogP contribution in [0.5, 0.6) is 0 Å². The van der Waals surface area contributed by atoms with Crippen LogP contribution in [0, 0.1) is 0 Å². The molecule has 4 nitrogen and oxygen atoms in total. The number of aliphatic hydroxyl groups is 1. The molecular formula is C11H14BrNO3S. The number of aliphatic hydroxyl groups excluding tert-OH is 1. The monoisotopic (exact) mass is 319 g/mol. The number of thiol groups is 1. The van der Waals surface area contributed by atoms with Gasteiger partial charge in [0, 0.05) is 16.5 Å². The van der Waals surface area contributed by atoms with E-state index in [1.165, 1.54) is 7.11 Å². The van der Waals surface area contributed by atoms with Gasteiger partial charge in [0.05, 0.1) is 24.8 Å². The quantitative estimate of drug-likeness (QED) is 0.720. The highest BCUT2D eigenvalue weighted by Gasteiger charge is 2.14. The molecule has 0 radical (unpaired) electrons. The van der Waals surface area contributed by atoms with Crippen molar-refractivity contribution in [1.82, 2.24) is 5.32 Å². The highest BCUT2D eigenvalue weighted by Crippen LogP contribution is 2.19. The third-order valence-corrected chi connectivity index (χ3v) is 2.99. The number of carbonyl (C=O) groups excluding carboxylic acids is 1. The van der Waals surface area contributed by atoms with E-state index in [2.05, 4.69) is 33.9 Å². The molecule has 1 atom stereocenters. The summed E-state index contributed by atoms with van der Waals surface area (Å²) in [6, 6.07) is 4.76. The minimum Gasteiger partial charge on any atom is -0.394 e. The van der Waals surface area contributed by atoms with Crippen molar-refractivity contribution in [2.24, 2.45) is 0 Å². The van der Waals surface area contributed by atoms with Gasteiger partial charge in [-0.2, -0.15) is 0 Å². The van der Waals surface area contributed by atoms with Crippen LogP contribution in [-0.4, -0.2) is 37.4 Å². The van der Waals surface area contributed by atoms with E-state index in [0.29, 0.717) is 10.5 Å². The fraction of sp³-hybridized carbons (Fsp3) is 0.364. The van der Waals surface area contributed by atoms with Gasteiger partial charge in [-0.05, 0) is 18.2 Å². The maximum atomic E-state index is 11.9. The van der Waals surface area contributed by atoms with Gasteiger partial charge in [-0.15, -0.1) is 12.6 Å². The smallest absolute Gasteiger partial charge is 0.252 e. The normalized spacial score (nSPS) is 12.2. The maximum Gasteiger partial charge on any atom is 0.252 e. The second kappa shape index (κ2) is 7.00. The Balaban J connectivity index is 2.75. The van der Waals surface area contributed by atoms with Crippen LogP contribution in [0.25, 0.3) is 0 Å². The topological polar surface area (TPSA) is 58.6 Å². The Morgan fingerprint density at radius 3 is 2.88 bits per heavy atom. The summed E-state index contributed by atoms with van der Waals surface area (Å²) in [6.07, 6.45) is 0. The Hall–Kier alpha value is -0.560. The standard InChI is InChI=1S/C11H14BrNO3S/c1-16-6-8(5-14)13-11(15)9-3-2-7(12)4-10(9)17/h2-4,8,14,17H,5-6H2,1H3,(H,13,15). The Labute approximate surface area is 114 Å². The molecule has 0 saturated carbocycles. The van der Waals surface area contributed by atoms with Crippen molar-refractivity contribution in [3.8, 4) is 0 Å². The summed E-state index contributed by atoms with van der Waals surface area (Å²) < 4.78 is 5.74. The van der Waals surface area contributed by atoms with Crippen LogP contribution < -0.4 is 5.32 Å². The summed E-state index contributed by atoms with van der Waals surface area (Å²) in [4.78, 5) is 12.5. The van der Waals surface area contributed by atoms with Crippen LogP contribution in [0.3, 0.4) is 0 Å². The van der Waals surface area contributed by atoms with Crippen LogP contribution >= 0.6 is 28.6 Å². The van der Waals surface area contributed by atoms with E-state index < -0.39 is 6.04 Å². The van der Waals surface area contributed by atoms with E-state index in [-0.39, 0.29) is 19.1 Å². The predicted molar refractivity (Wildman–Crippen MR) is 71.6 cm³/mol. The summed E-state index contributed by atoms with van der Waals surface area (Å²) in [7, 11) is 1.51. The molecule has 0 spiro atoms. The summed E-state index contributed by atoms with van der Waals surface area (Å²) in [5.74, 6) is -0.279. The van der Waals surface area contributed by atoms with Crippen molar-refractivity contribution >= 4 is 34.5 Å². The molecule has 0 aliphatic heterocycles. The van der Waals surface area contributed by atoms with E-state index in [9.17, 15) is 4.79 Å². The van der Waals surface area contributed by atoms with Crippen molar-refractivity contribution < 1.29 is 14.6 Å². The molecule has 0 saturated heterocycles. The van der Waals surface area contributed by atoms with Crippen molar-refractivity contribution in [2.45, 2.75) is 10.9 Å². The van der Waals surface area contributed by atoms with Crippen LogP contribution in [0.2, 0.25) is 0 Å². The lowest BCUT2D eigenvalue weighted by molar-refractivity contribution is 0.0837. The molecule has 1 rings (SSSR count). The van der Waals surface area contributed by atoms with Gasteiger partial charge >= 0.3 is 0 Å². The lowest BCUT2D eigenvalue weighted by atomic mass is 10.2. The molecule has 1 aromatic carbocycles. The molecule has 0 fully saturated rings. The number of rotatable bonds is 5. The second-order valence-corrected chi connectivity index (χ2v) is 4.87. The van der Waals surface area contributed by atoms with Gasteiger partial charge in [0.1, 0.15) is 0 Å². The van der Waals surface area contributed by atoms with E-state index in [1.807, 2.05) is 0 Å². The number of ether oxygens (including phenoxy) is 1. The molecule has 17 heavy (non-hydrogen) atoms. The summed E-state index contributed by atoms with van der Waals surface area (Å²) in [5.41, 5.74) is 0.464. The summed E-state index contributed by atoms with van der Waals surface area (Å²) in [5, 5.41) is 11.7. The number of hydrogen-bond donors (Lipinski definition) is 3. The zero-order chi connectivity index (χ0) is 12.8. The van der Waals surface area contributed by atoms with Gasteiger partial charge in [-0.1, -0.05) is 15.9 Å². The molecule has 2 N–H and O–H groups in total. The SMILES string of the molecule is COCC(CO)NC(=O)c1ccc(Br)cc1S. The van der Waals surface area contributed by atoms with Gasteiger partial charge < -0.3 is 15.2 Å². The van der Waals surface area contributed by atoms with Crippen molar-refractivity contribution in [3.05, 3.63) is 28.2 Å². The molecule has 0 bridgehead atoms. The highest BCUT2D eigenvalue weighted by molar-refractivity contribution is 9.10. The lowest BCUT2D eigenvalue weighted by Gasteiger charge is -2.15. The molecule has 1 aromatic rings. The number of carbonyl (C=O) groups is 1. The molecule has 94 valence electrons. The van der Waals surface area contributed by atoms with E-state index in [1.54, 1.807) is 18.2 Å². The summed E-state index contributed by atoms with van der Waals surface area (Å²) >= 11 is 7.52. The zero-order valence-corrected chi connectivity index (χ0v) is 11.8. The molecule has 0 heterocycles. The first-order valence-electron chi connectivity index (χ1n) is 4.97. The minimum absolute atomic E-state index is 0.169. The molecule has 1 amide bonds. The Kier molecular flexibility index (Phi) is 5.97. The fourth-order valence-electron chi connectivity index (χ4n) is 1.30. The molecule has 0 aliphatic carbocycles.